The second-order valence-electron chi connectivity index (χ2n) is 4.71. The van der Waals surface area contributed by atoms with Crippen molar-refractivity contribution in [1.82, 2.24) is 5.32 Å². The van der Waals surface area contributed by atoms with E-state index in [0.717, 1.165) is 4.90 Å². The molecule has 1 amide bonds. The zero-order chi connectivity index (χ0) is 17.4. The molecule has 0 radical (unpaired) electrons. The molecule has 2 rings (SSSR count). The predicted molar refractivity (Wildman–Crippen MR) is 93.6 cm³/mol. The highest BCUT2D eigenvalue weighted by Gasteiger charge is 2.06. The number of thioether (sulfide) groups is 1. The van der Waals surface area contributed by atoms with Crippen LogP contribution in [0.15, 0.2) is 47.4 Å². The summed E-state index contributed by atoms with van der Waals surface area (Å²) in [5.74, 6) is 0.886. The molecule has 128 valence electrons. The number of ether oxygens (including phenoxy) is 2. The number of nitrogens with one attached hydrogen (secondary N) is 1. The maximum Gasteiger partial charge on any atom is 0.230 e. The Morgan fingerprint density at radius 2 is 2.00 bits per heavy atom. The highest BCUT2D eigenvalue weighted by Crippen LogP contribution is 2.25. The van der Waals surface area contributed by atoms with Crippen molar-refractivity contribution in [2.75, 3.05) is 26.0 Å². The molecule has 24 heavy (non-hydrogen) atoms. The van der Waals surface area contributed by atoms with E-state index in [1.807, 2.05) is 12.1 Å². The van der Waals surface area contributed by atoms with E-state index in [9.17, 15) is 9.18 Å². The normalized spacial score (nSPS) is 10.3. The van der Waals surface area contributed by atoms with Gasteiger partial charge in [0.15, 0.2) is 11.5 Å². The molecule has 0 fully saturated rings. The standard InChI is InChI=1S/C17H17ClFNO3S/c1-22-15-4-2-3-5-16(15)23-9-8-20-17(21)11-24-12-6-7-14(19)13(18)10-12/h2-7,10H,8-9,11H2,1H3,(H,20,21). The van der Waals surface area contributed by atoms with E-state index in [-0.39, 0.29) is 16.7 Å². The van der Waals surface area contributed by atoms with Gasteiger partial charge in [0.05, 0.1) is 24.4 Å². The van der Waals surface area contributed by atoms with Crippen molar-refractivity contribution in [3.63, 3.8) is 0 Å². The summed E-state index contributed by atoms with van der Waals surface area (Å²) in [4.78, 5) is 12.5. The van der Waals surface area contributed by atoms with Crippen molar-refractivity contribution in [3.05, 3.63) is 53.3 Å². The number of halogens is 2. The first-order chi connectivity index (χ1) is 11.6. The number of rotatable bonds is 8. The first kappa shape index (κ1) is 18.4. The minimum atomic E-state index is -0.473. The third-order valence-electron chi connectivity index (χ3n) is 3.01. The summed E-state index contributed by atoms with van der Waals surface area (Å²) in [6.45, 7) is 0.709. The van der Waals surface area contributed by atoms with Gasteiger partial charge in [-0.15, -0.1) is 11.8 Å². The molecule has 4 nitrogen and oxygen atoms in total. The largest absolute Gasteiger partial charge is 0.493 e. The zero-order valence-electron chi connectivity index (χ0n) is 13.1. The van der Waals surface area contributed by atoms with Crippen molar-refractivity contribution in [1.29, 1.82) is 0 Å². The number of amides is 1. The number of hydrogen-bond acceptors (Lipinski definition) is 4. The molecule has 2 aromatic carbocycles. The van der Waals surface area contributed by atoms with E-state index in [4.69, 9.17) is 21.1 Å². The van der Waals surface area contributed by atoms with E-state index >= 15 is 0 Å². The van der Waals surface area contributed by atoms with E-state index in [0.29, 0.717) is 24.7 Å². The lowest BCUT2D eigenvalue weighted by Gasteiger charge is -2.10. The molecule has 0 unspecified atom stereocenters. The van der Waals surface area contributed by atoms with Gasteiger partial charge in [-0.1, -0.05) is 23.7 Å². The number of methoxy groups -OCH3 is 1. The Kier molecular flexibility index (Phi) is 7.21. The van der Waals surface area contributed by atoms with E-state index in [1.54, 1.807) is 25.3 Å². The fraction of sp³-hybridized carbons (Fsp3) is 0.235. The van der Waals surface area contributed by atoms with E-state index < -0.39 is 5.82 Å². The molecule has 2 aromatic rings. The maximum absolute atomic E-state index is 13.1. The summed E-state index contributed by atoms with van der Waals surface area (Å²) in [6.07, 6.45) is 0. The number of carbonyl (C=O) groups is 1. The van der Waals surface area contributed by atoms with Gasteiger partial charge in [-0.3, -0.25) is 4.79 Å². The van der Waals surface area contributed by atoms with Crippen LogP contribution >= 0.6 is 23.4 Å². The third-order valence-corrected chi connectivity index (χ3v) is 4.30. The van der Waals surface area contributed by atoms with Gasteiger partial charge in [-0.2, -0.15) is 0 Å². The lowest BCUT2D eigenvalue weighted by molar-refractivity contribution is -0.118. The maximum atomic E-state index is 13.1. The Bertz CT molecular complexity index is 699. The van der Waals surface area contributed by atoms with Crippen LogP contribution < -0.4 is 14.8 Å². The summed E-state index contributed by atoms with van der Waals surface area (Å²) in [5.41, 5.74) is 0. The zero-order valence-corrected chi connectivity index (χ0v) is 14.6. The molecule has 7 heteroatoms. The third kappa shape index (κ3) is 5.62. The average molecular weight is 370 g/mol. The topological polar surface area (TPSA) is 47.6 Å². The quantitative estimate of drug-likeness (QED) is 0.568. The van der Waals surface area contributed by atoms with Crippen molar-refractivity contribution in [2.45, 2.75) is 4.90 Å². The Morgan fingerprint density at radius 3 is 2.71 bits per heavy atom. The van der Waals surface area contributed by atoms with Crippen LogP contribution in [0.1, 0.15) is 0 Å². The first-order valence-electron chi connectivity index (χ1n) is 7.20. The van der Waals surface area contributed by atoms with Gasteiger partial charge in [-0.25, -0.2) is 4.39 Å². The molecule has 1 N–H and O–H groups in total. The number of benzene rings is 2. The van der Waals surface area contributed by atoms with Crippen LogP contribution in [0.2, 0.25) is 5.02 Å². The molecule has 0 aliphatic heterocycles. The molecule has 0 saturated heterocycles. The molecular weight excluding hydrogens is 353 g/mol. The fourth-order valence-electron chi connectivity index (χ4n) is 1.86. The molecule has 0 atom stereocenters. The van der Waals surface area contributed by atoms with Crippen LogP contribution in [0, 0.1) is 5.82 Å². The summed E-state index contributed by atoms with van der Waals surface area (Å²) < 4.78 is 23.8. The van der Waals surface area contributed by atoms with Crippen molar-refractivity contribution < 1.29 is 18.7 Å². The van der Waals surface area contributed by atoms with Crippen molar-refractivity contribution in [2.24, 2.45) is 0 Å². The smallest absolute Gasteiger partial charge is 0.230 e. The SMILES string of the molecule is COc1ccccc1OCCNC(=O)CSc1ccc(F)c(Cl)c1. The van der Waals surface area contributed by atoms with Crippen LogP contribution in [0.5, 0.6) is 11.5 Å². The number of para-hydroxylation sites is 2. The Hall–Kier alpha value is -1.92. The molecule has 0 aromatic heterocycles. The van der Waals surface area contributed by atoms with Crippen molar-refractivity contribution in [3.8, 4) is 11.5 Å². The molecule has 0 aliphatic rings. The molecular formula is C17H17ClFNO3S. The van der Waals surface area contributed by atoms with E-state index in [1.165, 1.54) is 23.9 Å². The van der Waals surface area contributed by atoms with Crippen LogP contribution in [0.25, 0.3) is 0 Å². The number of carbonyl (C=O) groups excluding carboxylic acids is 1. The van der Waals surface area contributed by atoms with Gasteiger partial charge < -0.3 is 14.8 Å². The molecule has 0 heterocycles. The monoisotopic (exact) mass is 369 g/mol. The highest BCUT2D eigenvalue weighted by atomic mass is 35.5. The van der Waals surface area contributed by atoms with E-state index in [2.05, 4.69) is 5.32 Å². The van der Waals surface area contributed by atoms with Crippen LogP contribution in [-0.2, 0) is 4.79 Å². The summed E-state index contributed by atoms with van der Waals surface area (Å²) in [5, 5.41) is 2.80. The second kappa shape index (κ2) is 9.39. The van der Waals surface area contributed by atoms with Gasteiger partial charge in [0.2, 0.25) is 5.91 Å². The Labute approximate surface area is 149 Å². The Balaban J connectivity index is 1.69. The summed E-state index contributed by atoms with van der Waals surface area (Å²) in [6, 6.07) is 11.7. The van der Waals surface area contributed by atoms with Gasteiger partial charge >= 0.3 is 0 Å². The lowest BCUT2D eigenvalue weighted by Crippen LogP contribution is -2.29. The van der Waals surface area contributed by atoms with Gasteiger partial charge in [-0.05, 0) is 30.3 Å². The highest BCUT2D eigenvalue weighted by molar-refractivity contribution is 8.00. The average Bonchev–Trinajstić information content (AvgIpc) is 2.60. The predicted octanol–water partition coefficient (Wildman–Crippen LogP) is 3.78. The number of hydrogen-bond donors (Lipinski definition) is 1. The summed E-state index contributed by atoms with van der Waals surface area (Å²) >= 11 is 6.99. The fourth-order valence-corrected chi connectivity index (χ4v) is 2.87. The second-order valence-corrected chi connectivity index (χ2v) is 6.17. The molecule has 0 saturated carbocycles. The van der Waals surface area contributed by atoms with Gasteiger partial charge in [0.25, 0.3) is 0 Å². The van der Waals surface area contributed by atoms with Gasteiger partial charge in [0.1, 0.15) is 12.4 Å². The summed E-state index contributed by atoms with van der Waals surface area (Å²) in [7, 11) is 1.57. The minimum Gasteiger partial charge on any atom is -0.493 e. The minimum absolute atomic E-state index is 0.0469. The van der Waals surface area contributed by atoms with Crippen molar-refractivity contribution >= 4 is 29.3 Å². The Morgan fingerprint density at radius 1 is 1.25 bits per heavy atom. The first-order valence-corrected chi connectivity index (χ1v) is 8.57. The van der Waals surface area contributed by atoms with Gasteiger partial charge in [0, 0.05) is 4.90 Å². The van der Waals surface area contributed by atoms with Crippen LogP contribution in [0.4, 0.5) is 4.39 Å². The lowest BCUT2D eigenvalue weighted by atomic mass is 10.3. The molecule has 0 spiro atoms. The molecule has 0 aliphatic carbocycles. The molecule has 0 bridgehead atoms. The van der Waals surface area contributed by atoms with Crippen LogP contribution in [0.3, 0.4) is 0 Å². The van der Waals surface area contributed by atoms with Crippen LogP contribution in [-0.4, -0.2) is 31.9 Å².